The molecule has 7 heteroatoms. The van der Waals surface area contributed by atoms with Crippen LogP contribution in [0.4, 0.5) is 0 Å². The Bertz CT molecular complexity index is 793. The quantitative estimate of drug-likeness (QED) is 0.707. The van der Waals surface area contributed by atoms with E-state index in [2.05, 4.69) is 20.5 Å². The molecule has 0 bridgehead atoms. The number of carbonyl (C=O) groups excluding carboxylic acids is 1. The van der Waals surface area contributed by atoms with Gasteiger partial charge in [-0.05, 0) is 37.0 Å². The zero-order chi connectivity index (χ0) is 14.8. The highest BCUT2D eigenvalue weighted by Crippen LogP contribution is 2.17. The molecule has 3 N–H and O–H groups in total. The van der Waals surface area contributed by atoms with Gasteiger partial charge in [-0.15, -0.1) is 0 Å². The number of pyridine rings is 1. The van der Waals surface area contributed by atoms with E-state index in [1.54, 1.807) is 6.07 Å². The number of H-pyrrole nitrogens is 2. The first-order chi connectivity index (χ1) is 10.1. The molecule has 1 atom stereocenters. The topological polar surface area (TPSA) is 108 Å². The third-order valence-corrected chi connectivity index (χ3v) is 3.57. The van der Waals surface area contributed by atoms with Crippen LogP contribution in [0.1, 0.15) is 28.0 Å². The number of nitrogens with one attached hydrogen (secondary N) is 3. The SMILES string of the molecule is O=C(NC1CCc2n[nH]c(=O)cc2C1)c1ccc[nH]c1=O. The van der Waals surface area contributed by atoms with Crippen molar-refractivity contribution in [2.24, 2.45) is 0 Å². The second-order valence-electron chi connectivity index (χ2n) is 5.03. The number of hydrogen-bond donors (Lipinski definition) is 3. The maximum Gasteiger partial charge on any atom is 0.264 e. The molecule has 21 heavy (non-hydrogen) atoms. The highest BCUT2D eigenvalue weighted by atomic mass is 16.2. The van der Waals surface area contributed by atoms with Crippen LogP contribution in [0.15, 0.2) is 34.0 Å². The molecule has 0 fully saturated rings. The van der Waals surface area contributed by atoms with E-state index in [9.17, 15) is 14.4 Å². The van der Waals surface area contributed by atoms with Gasteiger partial charge < -0.3 is 10.3 Å². The van der Waals surface area contributed by atoms with Crippen molar-refractivity contribution in [3.8, 4) is 0 Å². The van der Waals surface area contributed by atoms with Gasteiger partial charge in [0.25, 0.3) is 17.0 Å². The molecule has 2 aromatic heterocycles. The summed E-state index contributed by atoms with van der Waals surface area (Å²) in [5.41, 5.74) is 1.13. The molecule has 1 amide bonds. The highest BCUT2D eigenvalue weighted by Gasteiger charge is 2.22. The Balaban J connectivity index is 1.75. The number of hydrogen-bond acceptors (Lipinski definition) is 4. The normalized spacial score (nSPS) is 17.0. The number of aromatic amines is 2. The van der Waals surface area contributed by atoms with Gasteiger partial charge in [0.05, 0.1) is 5.69 Å². The van der Waals surface area contributed by atoms with Gasteiger partial charge in [-0.2, -0.15) is 5.10 Å². The van der Waals surface area contributed by atoms with Crippen molar-refractivity contribution in [2.75, 3.05) is 0 Å². The third-order valence-electron chi connectivity index (χ3n) is 3.57. The number of rotatable bonds is 2. The van der Waals surface area contributed by atoms with Gasteiger partial charge in [-0.3, -0.25) is 14.4 Å². The van der Waals surface area contributed by atoms with Crippen LogP contribution in [0.3, 0.4) is 0 Å². The third kappa shape index (κ3) is 2.76. The summed E-state index contributed by atoms with van der Waals surface area (Å²) in [5, 5.41) is 9.25. The van der Waals surface area contributed by atoms with E-state index in [1.165, 1.54) is 18.3 Å². The van der Waals surface area contributed by atoms with Gasteiger partial charge in [0.1, 0.15) is 5.56 Å². The number of aryl methyl sites for hydroxylation is 1. The molecule has 3 rings (SSSR count). The van der Waals surface area contributed by atoms with E-state index in [1.807, 2.05) is 0 Å². The Hall–Kier alpha value is -2.70. The van der Waals surface area contributed by atoms with Gasteiger partial charge in [0.15, 0.2) is 0 Å². The minimum Gasteiger partial charge on any atom is -0.349 e. The molecule has 7 nitrogen and oxygen atoms in total. The minimum atomic E-state index is -0.413. The fraction of sp³-hybridized carbons (Fsp3) is 0.286. The first kappa shape index (κ1) is 13.3. The smallest absolute Gasteiger partial charge is 0.264 e. The number of carbonyl (C=O) groups is 1. The molecule has 0 aliphatic heterocycles. The van der Waals surface area contributed by atoms with Crippen LogP contribution < -0.4 is 16.4 Å². The molecule has 1 unspecified atom stereocenters. The molecule has 0 spiro atoms. The molecular weight excluding hydrogens is 272 g/mol. The predicted octanol–water partition coefficient (Wildman–Crippen LogP) is -0.255. The Morgan fingerprint density at radius 3 is 3.05 bits per heavy atom. The predicted molar refractivity (Wildman–Crippen MR) is 75.2 cm³/mol. The van der Waals surface area contributed by atoms with Crippen LogP contribution in [0.5, 0.6) is 0 Å². The Morgan fingerprint density at radius 1 is 1.38 bits per heavy atom. The minimum absolute atomic E-state index is 0.0901. The fourth-order valence-corrected chi connectivity index (χ4v) is 2.53. The summed E-state index contributed by atoms with van der Waals surface area (Å²) in [6.07, 6.45) is 3.43. The molecule has 0 saturated carbocycles. The van der Waals surface area contributed by atoms with Crippen LogP contribution in [0.25, 0.3) is 0 Å². The monoisotopic (exact) mass is 286 g/mol. The molecule has 1 aliphatic carbocycles. The van der Waals surface area contributed by atoms with Gasteiger partial charge in [-0.25, -0.2) is 5.10 Å². The Kier molecular flexibility index (Phi) is 3.39. The van der Waals surface area contributed by atoms with Crippen molar-refractivity contribution in [1.29, 1.82) is 0 Å². The maximum absolute atomic E-state index is 12.1. The summed E-state index contributed by atoms with van der Waals surface area (Å²) >= 11 is 0. The summed E-state index contributed by atoms with van der Waals surface area (Å²) < 4.78 is 0. The lowest BCUT2D eigenvalue weighted by atomic mass is 9.92. The average molecular weight is 286 g/mol. The molecular formula is C14H14N4O3. The Labute approximate surface area is 119 Å². The molecule has 2 heterocycles. The lowest BCUT2D eigenvalue weighted by Gasteiger charge is -2.24. The summed E-state index contributed by atoms with van der Waals surface area (Å²) in [7, 11) is 0. The van der Waals surface area contributed by atoms with Crippen molar-refractivity contribution < 1.29 is 4.79 Å². The van der Waals surface area contributed by atoms with E-state index in [0.717, 1.165) is 17.7 Å². The van der Waals surface area contributed by atoms with Gasteiger partial charge >= 0.3 is 0 Å². The zero-order valence-electron chi connectivity index (χ0n) is 11.2. The van der Waals surface area contributed by atoms with Crippen molar-refractivity contribution in [1.82, 2.24) is 20.5 Å². The first-order valence-electron chi connectivity index (χ1n) is 6.69. The van der Waals surface area contributed by atoms with Crippen LogP contribution in [0.2, 0.25) is 0 Å². The lowest BCUT2D eigenvalue weighted by molar-refractivity contribution is 0.0932. The van der Waals surface area contributed by atoms with Crippen LogP contribution in [0, 0.1) is 0 Å². The summed E-state index contributed by atoms with van der Waals surface area (Å²) in [6.45, 7) is 0. The second-order valence-corrected chi connectivity index (χ2v) is 5.03. The highest BCUT2D eigenvalue weighted by molar-refractivity contribution is 5.93. The molecule has 0 radical (unpaired) electrons. The zero-order valence-corrected chi connectivity index (χ0v) is 11.2. The molecule has 2 aromatic rings. The standard InChI is InChI=1S/C14H14N4O3/c19-12-7-8-6-9(3-4-11(8)17-18-12)16-14(21)10-2-1-5-15-13(10)20/h1-2,5,7,9H,3-4,6H2,(H,15,20)(H,16,21)(H,18,19). The van der Waals surface area contributed by atoms with Crippen molar-refractivity contribution >= 4 is 5.91 Å². The molecule has 108 valence electrons. The van der Waals surface area contributed by atoms with E-state index in [-0.39, 0.29) is 17.2 Å². The largest absolute Gasteiger partial charge is 0.349 e. The lowest BCUT2D eigenvalue weighted by Crippen LogP contribution is -2.41. The van der Waals surface area contributed by atoms with E-state index in [4.69, 9.17) is 0 Å². The second kappa shape index (κ2) is 5.35. The van der Waals surface area contributed by atoms with Crippen LogP contribution in [-0.2, 0) is 12.8 Å². The average Bonchev–Trinajstić information content (AvgIpc) is 2.47. The fourth-order valence-electron chi connectivity index (χ4n) is 2.53. The number of fused-ring (bicyclic) bond motifs is 1. The van der Waals surface area contributed by atoms with Crippen molar-refractivity contribution in [2.45, 2.75) is 25.3 Å². The van der Waals surface area contributed by atoms with Crippen molar-refractivity contribution in [3.05, 3.63) is 61.9 Å². The van der Waals surface area contributed by atoms with Gasteiger partial charge in [0, 0.05) is 18.3 Å². The number of aromatic nitrogens is 3. The summed E-state index contributed by atoms with van der Waals surface area (Å²) in [6, 6.07) is 4.50. The first-order valence-corrected chi connectivity index (χ1v) is 6.69. The van der Waals surface area contributed by atoms with E-state index in [0.29, 0.717) is 12.8 Å². The molecule has 0 aromatic carbocycles. The summed E-state index contributed by atoms with van der Waals surface area (Å²) in [5.74, 6) is -0.400. The van der Waals surface area contributed by atoms with Crippen molar-refractivity contribution in [3.63, 3.8) is 0 Å². The van der Waals surface area contributed by atoms with Gasteiger partial charge in [0.2, 0.25) is 0 Å². The number of nitrogens with zero attached hydrogens (tertiary/aromatic N) is 1. The molecule has 0 saturated heterocycles. The molecule has 1 aliphatic rings. The van der Waals surface area contributed by atoms with Crippen LogP contribution in [-0.4, -0.2) is 27.1 Å². The summed E-state index contributed by atoms with van der Waals surface area (Å²) in [4.78, 5) is 37.4. The Morgan fingerprint density at radius 2 is 2.24 bits per heavy atom. The van der Waals surface area contributed by atoms with Crippen LogP contribution >= 0.6 is 0 Å². The van der Waals surface area contributed by atoms with Gasteiger partial charge in [-0.1, -0.05) is 0 Å². The maximum atomic E-state index is 12.1. The van der Waals surface area contributed by atoms with E-state index < -0.39 is 11.5 Å². The van der Waals surface area contributed by atoms with E-state index >= 15 is 0 Å². The number of amides is 1.